The van der Waals surface area contributed by atoms with Gasteiger partial charge in [-0.25, -0.2) is 13.2 Å². The zero-order valence-corrected chi connectivity index (χ0v) is 16.7. The highest BCUT2D eigenvalue weighted by atomic mass is 32.2. The van der Waals surface area contributed by atoms with E-state index in [-0.39, 0.29) is 10.5 Å². The Morgan fingerprint density at radius 2 is 1.81 bits per heavy atom. The predicted octanol–water partition coefficient (Wildman–Crippen LogP) is 2.48. The molecule has 0 aliphatic carbocycles. The first-order valence-corrected chi connectivity index (χ1v) is 10.8. The third-order valence-electron chi connectivity index (χ3n) is 4.95. The largest absolute Gasteiger partial charge is 0.480 e. The molecule has 1 aromatic carbocycles. The minimum atomic E-state index is -3.57. The Hall–Kier alpha value is -1.93. The summed E-state index contributed by atoms with van der Waals surface area (Å²) in [7, 11) is -3.57. The number of nitrogens with one attached hydrogen (secondary N) is 1. The van der Waals surface area contributed by atoms with Gasteiger partial charge >= 0.3 is 5.97 Å². The van der Waals surface area contributed by atoms with Crippen molar-refractivity contribution in [2.45, 2.75) is 56.9 Å². The number of amides is 1. The van der Waals surface area contributed by atoms with Crippen molar-refractivity contribution in [3.63, 3.8) is 0 Å². The number of benzene rings is 1. The highest BCUT2D eigenvalue weighted by molar-refractivity contribution is 7.89. The van der Waals surface area contributed by atoms with Gasteiger partial charge in [-0.15, -0.1) is 0 Å². The van der Waals surface area contributed by atoms with Gasteiger partial charge in [0.05, 0.1) is 4.90 Å². The van der Waals surface area contributed by atoms with Crippen LogP contribution in [-0.4, -0.2) is 48.8 Å². The predicted molar refractivity (Wildman–Crippen MR) is 102 cm³/mol. The molecule has 1 amide bonds. The summed E-state index contributed by atoms with van der Waals surface area (Å²) < 4.78 is 26.9. The van der Waals surface area contributed by atoms with Crippen LogP contribution in [0.1, 0.15) is 56.3 Å². The normalized spacial score (nSPS) is 17.4. The van der Waals surface area contributed by atoms with Crippen molar-refractivity contribution in [1.82, 2.24) is 9.62 Å². The van der Waals surface area contributed by atoms with Crippen LogP contribution in [0.5, 0.6) is 0 Å². The summed E-state index contributed by atoms with van der Waals surface area (Å²) in [5.41, 5.74) is 0.240. The molecule has 150 valence electrons. The smallest absolute Gasteiger partial charge is 0.326 e. The molecule has 0 unspecified atom stereocenters. The Balaban J connectivity index is 2.07. The van der Waals surface area contributed by atoms with E-state index in [2.05, 4.69) is 12.2 Å². The van der Waals surface area contributed by atoms with Gasteiger partial charge in [-0.2, -0.15) is 4.31 Å². The molecule has 1 heterocycles. The molecule has 1 fully saturated rings. The Morgan fingerprint density at radius 3 is 2.33 bits per heavy atom. The highest BCUT2D eigenvalue weighted by Crippen LogP contribution is 2.23. The van der Waals surface area contributed by atoms with E-state index in [0.717, 1.165) is 19.3 Å². The molecule has 1 atom stereocenters. The fourth-order valence-electron chi connectivity index (χ4n) is 3.06. The van der Waals surface area contributed by atoms with Gasteiger partial charge in [0.25, 0.3) is 5.91 Å². The molecule has 0 bridgehead atoms. The number of carbonyl (C=O) groups excluding carboxylic acids is 1. The van der Waals surface area contributed by atoms with Crippen LogP contribution >= 0.6 is 0 Å². The van der Waals surface area contributed by atoms with Crippen LogP contribution in [0, 0.1) is 5.92 Å². The van der Waals surface area contributed by atoms with Gasteiger partial charge in [-0.3, -0.25) is 4.79 Å². The van der Waals surface area contributed by atoms with Crippen molar-refractivity contribution >= 4 is 21.9 Å². The molecule has 1 aliphatic heterocycles. The van der Waals surface area contributed by atoms with E-state index in [1.807, 2.05) is 6.92 Å². The molecule has 0 aromatic heterocycles. The second-order valence-corrected chi connectivity index (χ2v) is 9.06. The molecular formula is C19H28N2O5S. The lowest BCUT2D eigenvalue weighted by molar-refractivity contribution is -0.139. The number of sulfonamides is 1. The number of hydrogen-bond donors (Lipinski definition) is 2. The first-order valence-electron chi connectivity index (χ1n) is 9.39. The maximum Gasteiger partial charge on any atom is 0.326 e. The van der Waals surface area contributed by atoms with Crippen molar-refractivity contribution in [2.75, 3.05) is 13.1 Å². The molecule has 0 radical (unpaired) electrons. The Kier molecular flexibility index (Phi) is 7.38. The zero-order valence-electron chi connectivity index (χ0n) is 15.8. The number of aliphatic carboxylic acids is 1. The number of nitrogens with zero attached hydrogens (tertiary/aromatic N) is 1. The summed E-state index contributed by atoms with van der Waals surface area (Å²) >= 11 is 0. The standard InChI is InChI=1S/C19H28N2O5S/c1-3-4-5-17(19(23)24)20-18(22)15-6-8-16(9-7-15)27(25,26)21-12-10-14(2)11-13-21/h6-9,14,17H,3-5,10-13H2,1-2H3,(H,20,22)(H,23,24)/t17-/m0/s1. The third-order valence-corrected chi connectivity index (χ3v) is 6.86. The number of rotatable bonds is 8. The number of carbonyl (C=O) groups is 2. The van der Waals surface area contributed by atoms with E-state index in [1.54, 1.807) is 0 Å². The lowest BCUT2D eigenvalue weighted by Crippen LogP contribution is -2.40. The Labute approximate surface area is 160 Å². The maximum absolute atomic E-state index is 12.7. The third kappa shape index (κ3) is 5.52. The maximum atomic E-state index is 12.7. The van der Waals surface area contributed by atoms with Crippen LogP contribution in [-0.2, 0) is 14.8 Å². The van der Waals surface area contributed by atoms with Gasteiger partial charge in [0.15, 0.2) is 0 Å². The number of piperidine rings is 1. The number of hydrogen-bond acceptors (Lipinski definition) is 4. The van der Waals surface area contributed by atoms with Crippen molar-refractivity contribution in [3.8, 4) is 0 Å². The van der Waals surface area contributed by atoms with Crippen LogP contribution in [0.4, 0.5) is 0 Å². The second kappa shape index (κ2) is 9.32. The van der Waals surface area contributed by atoms with E-state index in [9.17, 15) is 23.1 Å². The molecular weight excluding hydrogens is 368 g/mol. The van der Waals surface area contributed by atoms with Crippen LogP contribution in [0.25, 0.3) is 0 Å². The summed E-state index contributed by atoms with van der Waals surface area (Å²) in [4.78, 5) is 23.7. The van der Waals surface area contributed by atoms with Crippen molar-refractivity contribution < 1.29 is 23.1 Å². The van der Waals surface area contributed by atoms with Crippen LogP contribution < -0.4 is 5.32 Å². The lowest BCUT2D eigenvalue weighted by atomic mass is 10.0. The van der Waals surface area contributed by atoms with E-state index < -0.39 is 27.9 Å². The average Bonchev–Trinajstić information content (AvgIpc) is 2.65. The molecule has 0 saturated carbocycles. The molecule has 1 aliphatic rings. The monoisotopic (exact) mass is 396 g/mol. The van der Waals surface area contributed by atoms with E-state index in [1.165, 1.54) is 28.6 Å². The second-order valence-electron chi connectivity index (χ2n) is 7.12. The van der Waals surface area contributed by atoms with Gasteiger partial charge in [0.1, 0.15) is 6.04 Å². The van der Waals surface area contributed by atoms with Crippen LogP contribution in [0.3, 0.4) is 0 Å². The molecule has 27 heavy (non-hydrogen) atoms. The van der Waals surface area contributed by atoms with Crippen molar-refractivity contribution in [3.05, 3.63) is 29.8 Å². The summed E-state index contributed by atoms with van der Waals surface area (Å²) in [5.74, 6) is -1.07. The fraction of sp³-hybridized carbons (Fsp3) is 0.579. The van der Waals surface area contributed by atoms with Gasteiger partial charge < -0.3 is 10.4 Å². The van der Waals surface area contributed by atoms with E-state index in [4.69, 9.17) is 0 Å². The summed E-state index contributed by atoms with van der Waals surface area (Å²) in [6.07, 6.45) is 3.57. The van der Waals surface area contributed by atoms with Crippen LogP contribution in [0.2, 0.25) is 0 Å². The molecule has 1 aromatic rings. The number of carboxylic acid groups (broad SMARTS) is 1. The molecule has 2 rings (SSSR count). The first kappa shape index (κ1) is 21.4. The quantitative estimate of drug-likeness (QED) is 0.702. The van der Waals surface area contributed by atoms with Crippen LogP contribution in [0.15, 0.2) is 29.2 Å². The zero-order chi connectivity index (χ0) is 20.0. The molecule has 0 spiro atoms. The lowest BCUT2D eigenvalue weighted by Gasteiger charge is -2.29. The van der Waals surface area contributed by atoms with Crippen molar-refractivity contribution in [1.29, 1.82) is 0 Å². The van der Waals surface area contributed by atoms with Gasteiger partial charge in [0.2, 0.25) is 10.0 Å². The molecule has 1 saturated heterocycles. The summed E-state index contributed by atoms with van der Waals surface area (Å²) in [6.45, 7) is 5.07. The Bertz CT molecular complexity index is 753. The highest BCUT2D eigenvalue weighted by Gasteiger charge is 2.28. The number of unbranched alkanes of at least 4 members (excludes halogenated alkanes) is 1. The summed E-state index contributed by atoms with van der Waals surface area (Å²) in [6, 6.07) is 4.71. The minimum Gasteiger partial charge on any atom is -0.480 e. The van der Waals surface area contributed by atoms with Gasteiger partial charge in [-0.05, 0) is 49.4 Å². The summed E-state index contributed by atoms with van der Waals surface area (Å²) in [5, 5.41) is 11.7. The van der Waals surface area contributed by atoms with Gasteiger partial charge in [0, 0.05) is 18.7 Å². The van der Waals surface area contributed by atoms with E-state index >= 15 is 0 Å². The topological polar surface area (TPSA) is 104 Å². The fourth-order valence-corrected chi connectivity index (χ4v) is 4.53. The van der Waals surface area contributed by atoms with Crippen molar-refractivity contribution in [2.24, 2.45) is 5.92 Å². The molecule has 2 N–H and O–H groups in total. The SMILES string of the molecule is CCCC[C@H](NC(=O)c1ccc(S(=O)(=O)N2CCC(C)CC2)cc1)C(=O)O. The van der Waals surface area contributed by atoms with Gasteiger partial charge in [-0.1, -0.05) is 26.7 Å². The minimum absolute atomic E-state index is 0.148. The Morgan fingerprint density at radius 1 is 1.22 bits per heavy atom. The molecule has 8 heteroatoms. The number of carboxylic acids is 1. The first-order chi connectivity index (χ1) is 12.8. The molecule has 7 nitrogen and oxygen atoms in total. The van der Waals surface area contributed by atoms with E-state index in [0.29, 0.717) is 31.8 Å². The average molecular weight is 397 g/mol.